The van der Waals surface area contributed by atoms with E-state index in [0.29, 0.717) is 5.75 Å². The highest BCUT2D eigenvalue weighted by Gasteiger charge is 2.46. The monoisotopic (exact) mass is 325 g/mol. The molecule has 1 aliphatic rings. The molecule has 7 heteroatoms. The molecule has 23 heavy (non-hydrogen) atoms. The van der Waals surface area contributed by atoms with Crippen LogP contribution in [0.5, 0.6) is 5.75 Å². The summed E-state index contributed by atoms with van der Waals surface area (Å²) in [7, 11) is 0. The van der Waals surface area contributed by atoms with Gasteiger partial charge in [0.25, 0.3) is 0 Å². The number of rotatable bonds is 4. The van der Waals surface area contributed by atoms with Gasteiger partial charge in [-0.25, -0.2) is 0 Å². The van der Waals surface area contributed by atoms with Crippen LogP contribution in [-0.2, 0) is 9.53 Å². The van der Waals surface area contributed by atoms with Crippen molar-refractivity contribution in [2.24, 2.45) is 0 Å². The molecule has 1 aliphatic heterocycles. The van der Waals surface area contributed by atoms with Gasteiger partial charge in [0.05, 0.1) is 6.61 Å². The Morgan fingerprint density at radius 1 is 1.26 bits per heavy atom. The van der Waals surface area contributed by atoms with Gasteiger partial charge >= 0.3 is 0 Å². The Bertz CT molecular complexity index is 543. The predicted octanol–water partition coefficient (Wildman–Crippen LogP) is -0.374. The van der Waals surface area contributed by atoms with Crippen LogP contribution in [-0.4, -0.2) is 58.5 Å². The van der Waals surface area contributed by atoms with Crippen LogP contribution in [0.1, 0.15) is 18.1 Å². The quantitative estimate of drug-likeness (QED) is 0.601. The first-order valence-corrected chi connectivity index (χ1v) is 7.47. The van der Waals surface area contributed by atoms with Crippen molar-refractivity contribution in [3.63, 3.8) is 0 Å². The number of para-hydroxylation sites is 1. The molecule has 128 valence electrons. The lowest BCUT2D eigenvalue weighted by atomic mass is 9.97. The molecule has 1 fully saturated rings. The van der Waals surface area contributed by atoms with Crippen molar-refractivity contribution in [2.45, 2.75) is 51.4 Å². The minimum atomic E-state index is -1.32. The number of hydrogen-bond acceptors (Lipinski definition) is 6. The van der Waals surface area contributed by atoms with E-state index >= 15 is 0 Å². The molecular formula is C16H23NO6. The molecule has 0 radical (unpaired) electrons. The Morgan fingerprint density at radius 2 is 1.87 bits per heavy atom. The summed E-state index contributed by atoms with van der Waals surface area (Å²) in [6.07, 6.45) is -4.67. The number of carbonyl (C=O) groups is 1. The Kier molecular flexibility index (Phi) is 5.59. The van der Waals surface area contributed by atoms with Gasteiger partial charge in [-0.1, -0.05) is 18.2 Å². The van der Waals surface area contributed by atoms with Gasteiger partial charge in [-0.3, -0.25) is 4.79 Å². The summed E-state index contributed by atoms with van der Waals surface area (Å²) in [4.78, 5) is 11.4. The molecule has 0 aromatic heterocycles. The second-order valence-electron chi connectivity index (χ2n) is 5.77. The largest absolute Gasteiger partial charge is 0.462 e. The van der Waals surface area contributed by atoms with E-state index < -0.39 is 37.3 Å². The average molecular weight is 325 g/mol. The lowest BCUT2D eigenvalue weighted by Gasteiger charge is -2.42. The Balaban J connectivity index is 2.29. The average Bonchev–Trinajstić information content (AvgIpc) is 2.49. The van der Waals surface area contributed by atoms with E-state index in [0.717, 1.165) is 11.1 Å². The number of nitrogens with one attached hydrogen (secondary N) is 1. The van der Waals surface area contributed by atoms with E-state index in [9.17, 15) is 20.1 Å². The number of aryl methyl sites for hydroxylation is 2. The van der Waals surface area contributed by atoms with Gasteiger partial charge < -0.3 is 30.1 Å². The van der Waals surface area contributed by atoms with Crippen LogP contribution >= 0.6 is 0 Å². The van der Waals surface area contributed by atoms with Crippen molar-refractivity contribution in [1.29, 1.82) is 0 Å². The van der Waals surface area contributed by atoms with E-state index in [1.54, 1.807) is 0 Å². The van der Waals surface area contributed by atoms with Crippen molar-refractivity contribution < 1.29 is 29.6 Å². The summed E-state index contributed by atoms with van der Waals surface area (Å²) in [5.41, 5.74) is 1.74. The predicted molar refractivity (Wildman–Crippen MR) is 81.9 cm³/mol. The highest BCUT2D eigenvalue weighted by molar-refractivity contribution is 5.73. The molecule has 0 aliphatic carbocycles. The maximum Gasteiger partial charge on any atom is 0.223 e. The summed E-state index contributed by atoms with van der Waals surface area (Å²) in [5.74, 6) is 0.190. The number of aliphatic hydroxyl groups is 3. The van der Waals surface area contributed by atoms with Gasteiger partial charge in [0.2, 0.25) is 12.2 Å². The van der Waals surface area contributed by atoms with Crippen LogP contribution in [0.15, 0.2) is 18.2 Å². The fraction of sp³-hybridized carbons (Fsp3) is 0.562. The molecule has 1 amide bonds. The Hall–Kier alpha value is -1.67. The normalized spacial score (nSPS) is 30.8. The number of benzene rings is 1. The second-order valence-corrected chi connectivity index (χ2v) is 5.77. The second kappa shape index (κ2) is 7.27. The fourth-order valence-electron chi connectivity index (χ4n) is 2.67. The Morgan fingerprint density at radius 3 is 2.39 bits per heavy atom. The molecular weight excluding hydrogens is 302 g/mol. The molecule has 0 unspecified atom stereocenters. The first kappa shape index (κ1) is 17.7. The topological polar surface area (TPSA) is 108 Å². The third-order valence-electron chi connectivity index (χ3n) is 3.89. The van der Waals surface area contributed by atoms with E-state index in [2.05, 4.69) is 5.32 Å². The number of ether oxygens (including phenoxy) is 2. The number of amides is 1. The fourth-order valence-corrected chi connectivity index (χ4v) is 2.67. The standard InChI is InChI=1S/C16H23NO6/c1-8-5-4-6-9(2)15(8)23-16-12(17-10(3)19)14(21)13(20)11(7-18)22-16/h4-6,11-14,16,18,20-21H,7H2,1-3H3,(H,17,19)/t11-,12+,13+,14+,16+/m1/s1. The first-order valence-electron chi connectivity index (χ1n) is 7.47. The molecule has 1 aromatic rings. The number of aliphatic hydroxyl groups excluding tert-OH is 3. The van der Waals surface area contributed by atoms with Crippen LogP contribution < -0.4 is 10.1 Å². The summed E-state index contributed by atoms with van der Waals surface area (Å²) in [5, 5.41) is 32.0. The smallest absolute Gasteiger partial charge is 0.223 e. The van der Waals surface area contributed by atoms with E-state index in [-0.39, 0.29) is 5.91 Å². The van der Waals surface area contributed by atoms with E-state index in [1.807, 2.05) is 32.0 Å². The molecule has 2 rings (SSSR count). The molecule has 7 nitrogen and oxygen atoms in total. The third-order valence-corrected chi connectivity index (χ3v) is 3.89. The molecule has 1 saturated heterocycles. The summed E-state index contributed by atoms with van der Waals surface area (Å²) in [6, 6.07) is 4.67. The van der Waals surface area contributed by atoms with Crippen molar-refractivity contribution in [2.75, 3.05) is 6.61 Å². The van der Waals surface area contributed by atoms with E-state index in [1.165, 1.54) is 6.92 Å². The summed E-state index contributed by atoms with van der Waals surface area (Å²) < 4.78 is 11.4. The zero-order valence-corrected chi connectivity index (χ0v) is 13.4. The lowest BCUT2D eigenvalue weighted by Crippen LogP contribution is -2.65. The molecule has 4 N–H and O–H groups in total. The van der Waals surface area contributed by atoms with Gasteiger partial charge in [0.1, 0.15) is 30.1 Å². The maximum atomic E-state index is 11.4. The van der Waals surface area contributed by atoms with E-state index in [4.69, 9.17) is 9.47 Å². The van der Waals surface area contributed by atoms with Crippen molar-refractivity contribution in [3.05, 3.63) is 29.3 Å². The van der Waals surface area contributed by atoms with Gasteiger partial charge in [-0.05, 0) is 25.0 Å². The molecule has 1 aromatic carbocycles. The molecule has 0 spiro atoms. The highest BCUT2D eigenvalue weighted by Crippen LogP contribution is 2.28. The molecule has 5 atom stereocenters. The van der Waals surface area contributed by atoms with Crippen LogP contribution in [0.25, 0.3) is 0 Å². The van der Waals surface area contributed by atoms with Crippen LogP contribution in [0, 0.1) is 13.8 Å². The highest BCUT2D eigenvalue weighted by atomic mass is 16.7. The molecule has 0 saturated carbocycles. The zero-order valence-electron chi connectivity index (χ0n) is 13.4. The molecule has 1 heterocycles. The van der Waals surface area contributed by atoms with Gasteiger partial charge in [-0.15, -0.1) is 0 Å². The minimum absolute atomic E-state index is 0.387. The van der Waals surface area contributed by atoms with Gasteiger partial charge in [-0.2, -0.15) is 0 Å². The van der Waals surface area contributed by atoms with Crippen LogP contribution in [0.3, 0.4) is 0 Å². The van der Waals surface area contributed by atoms with Gasteiger partial charge in [0, 0.05) is 6.92 Å². The molecule has 0 bridgehead atoms. The maximum absolute atomic E-state index is 11.4. The zero-order chi connectivity index (χ0) is 17.1. The van der Waals surface area contributed by atoms with Crippen molar-refractivity contribution in [3.8, 4) is 5.75 Å². The number of carbonyl (C=O) groups excluding carboxylic acids is 1. The summed E-state index contributed by atoms with van der Waals surface area (Å²) >= 11 is 0. The minimum Gasteiger partial charge on any atom is -0.462 e. The Labute approximate surface area is 134 Å². The van der Waals surface area contributed by atoms with Crippen molar-refractivity contribution in [1.82, 2.24) is 5.32 Å². The lowest BCUT2D eigenvalue weighted by molar-refractivity contribution is -0.244. The van der Waals surface area contributed by atoms with Gasteiger partial charge in [0.15, 0.2) is 0 Å². The van der Waals surface area contributed by atoms with Crippen molar-refractivity contribution >= 4 is 5.91 Å². The SMILES string of the molecule is CC(=O)N[C@@H]1[C@H](Oc2c(C)cccc2C)O[C@H](CO)[C@H](O)[C@H]1O. The first-order chi connectivity index (χ1) is 10.8. The van der Waals surface area contributed by atoms with Crippen LogP contribution in [0.2, 0.25) is 0 Å². The van der Waals surface area contributed by atoms with Crippen LogP contribution in [0.4, 0.5) is 0 Å². The number of hydrogen-bond donors (Lipinski definition) is 4. The summed E-state index contributed by atoms with van der Waals surface area (Å²) in [6.45, 7) is 4.56. The third kappa shape index (κ3) is 3.81.